The Labute approximate surface area is 96.2 Å². The zero-order valence-corrected chi connectivity index (χ0v) is 9.82. The molecule has 1 atom stereocenters. The number of benzene rings is 1. The fraction of sp³-hybridized carbons (Fsp3) is 0.300. The minimum atomic E-state index is -0.754. The second-order valence-electron chi connectivity index (χ2n) is 3.11. The highest BCUT2D eigenvalue weighted by Crippen LogP contribution is 2.22. The second-order valence-corrected chi connectivity index (χ2v) is 4.02. The minimum Gasteiger partial charge on any atom is -0.508 e. The molecule has 1 rings (SSSR count). The lowest BCUT2D eigenvalue weighted by Crippen LogP contribution is -2.33. The van der Waals surface area contributed by atoms with Gasteiger partial charge in [-0.2, -0.15) is 0 Å². The molecule has 0 aliphatic heterocycles. The first kappa shape index (κ1) is 12.0. The van der Waals surface area contributed by atoms with Gasteiger partial charge in [-0.3, -0.25) is 4.79 Å². The van der Waals surface area contributed by atoms with Crippen molar-refractivity contribution in [1.82, 2.24) is 0 Å². The molecule has 0 fully saturated rings. The summed E-state index contributed by atoms with van der Waals surface area (Å²) in [5.74, 6) is -0.369. The Hall–Kier alpha value is -1.07. The van der Waals surface area contributed by atoms with Gasteiger partial charge in [-0.05, 0) is 23.8 Å². The molecule has 1 unspecified atom stereocenters. The van der Waals surface area contributed by atoms with Crippen molar-refractivity contribution in [3.8, 4) is 5.75 Å². The lowest BCUT2D eigenvalue weighted by molar-refractivity contribution is -0.142. The number of phenols is 1. The Morgan fingerprint density at radius 2 is 2.33 bits per heavy atom. The maximum Gasteiger partial charge on any atom is 0.322 e. The van der Waals surface area contributed by atoms with E-state index < -0.39 is 12.0 Å². The third-order valence-corrected chi connectivity index (χ3v) is 2.48. The number of nitrogens with two attached hydrogens (primary N) is 1. The van der Waals surface area contributed by atoms with Gasteiger partial charge in [0.05, 0.1) is 7.11 Å². The molecule has 0 radical (unpaired) electrons. The first-order valence-corrected chi connectivity index (χ1v) is 5.14. The van der Waals surface area contributed by atoms with Crippen molar-refractivity contribution in [2.24, 2.45) is 5.73 Å². The van der Waals surface area contributed by atoms with Crippen molar-refractivity contribution in [1.29, 1.82) is 0 Å². The molecule has 1 aromatic rings. The molecular weight excluding hydrogens is 262 g/mol. The number of halogens is 1. The van der Waals surface area contributed by atoms with E-state index in [9.17, 15) is 9.90 Å². The Kier molecular flexibility index (Phi) is 4.11. The van der Waals surface area contributed by atoms with Gasteiger partial charge in [-0.25, -0.2) is 0 Å². The number of hydrogen-bond acceptors (Lipinski definition) is 4. The molecule has 0 saturated carbocycles. The lowest BCUT2D eigenvalue weighted by atomic mass is 10.1. The van der Waals surface area contributed by atoms with E-state index in [0.29, 0.717) is 5.56 Å². The first-order valence-electron chi connectivity index (χ1n) is 4.35. The summed E-state index contributed by atoms with van der Waals surface area (Å²) in [4.78, 5) is 11.1. The van der Waals surface area contributed by atoms with Gasteiger partial charge in [-0.15, -0.1) is 0 Å². The maximum atomic E-state index is 11.1. The number of rotatable bonds is 3. The minimum absolute atomic E-state index is 0.123. The van der Waals surface area contributed by atoms with Gasteiger partial charge < -0.3 is 15.6 Å². The number of carbonyl (C=O) groups excluding carboxylic acids is 1. The number of ether oxygens (including phenoxy) is 1. The Balaban J connectivity index is 2.80. The smallest absolute Gasteiger partial charge is 0.322 e. The van der Waals surface area contributed by atoms with E-state index in [0.717, 1.165) is 4.47 Å². The highest BCUT2D eigenvalue weighted by atomic mass is 79.9. The summed E-state index contributed by atoms with van der Waals surface area (Å²) >= 11 is 3.27. The van der Waals surface area contributed by atoms with Crippen LogP contribution in [0.5, 0.6) is 5.75 Å². The molecule has 0 aromatic heterocycles. The molecule has 0 spiro atoms. The second kappa shape index (κ2) is 5.14. The SMILES string of the molecule is COC(=O)C(N)Cc1cc(Br)ccc1O. The molecular formula is C10H12BrNO3. The summed E-state index contributed by atoms with van der Waals surface area (Å²) in [6.45, 7) is 0. The number of hydrogen-bond donors (Lipinski definition) is 2. The highest BCUT2D eigenvalue weighted by molar-refractivity contribution is 9.10. The van der Waals surface area contributed by atoms with Crippen LogP contribution in [0, 0.1) is 0 Å². The summed E-state index contributed by atoms with van der Waals surface area (Å²) in [7, 11) is 1.28. The van der Waals surface area contributed by atoms with E-state index >= 15 is 0 Å². The molecule has 15 heavy (non-hydrogen) atoms. The third kappa shape index (κ3) is 3.21. The number of carbonyl (C=O) groups is 1. The van der Waals surface area contributed by atoms with Gasteiger partial charge in [0.25, 0.3) is 0 Å². The molecule has 1 aromatic carbocycles. The highest BCUT2D eigenvalue weighted by Gasteiger charge is 2.16. The largest absolute Gasteiger partial charge is 0.508 e. The van der Waals surface area contributed by atoms with Crippen molar-refractivity contribution >= 4 is 21.9 Å². The fourth-order valence-corrected chi connectivity index (χ4v) is 1.60. The van der Waals surface area contributed by atoms with Gasteiger partial charge in [0.1, 0.15) is 11.8 Å². The Morgan fingerprint density at radius 3 is 2.93 bits per heavy atom. The van der Waals surface area contributed by atoms with Gasteiger partial charge in [0, 0.05) is 10.9 Å². The standard InChI is InChI=1S/C10H12BrNO3/c1-15-10(14)8(12)5-6-4-7(11)2-3-9(6)13/h2-4,8,13H,5,12H2,1H3. The molecule has 0 aliphatic carbocycles. The van der Waals surface area contributed by atoms with Crippen LogP contribution in [0.4, 0.5) is 0 Å². The summed E-state index contributed by atoms with van der Waals surface area (Å²) < 4.78 is 5.32. The summed E-state index contributed by atoms with van der Waals surface area (Å²) in [5, 5.41) is 9.51. The summed E-state index contributed by atoms with van der Waals surface area (Å²) in [5.41, 5.74) is 6.19. The van der Waals surface area contributed by atoms with Crippen LogP contribution in [0.1, 0.15) is 5.56 Å². The molecule has 0 amide bonds. The van der Waals surface area contributed by atoms with Gasteiger partial charge >= 0.3 is 5.97 Å². The molecule has 0 saturated heterocycles. The van der Waals surface area contributed by atoms with Crippen LogP contribution in [-0.2, 0) is 16.0 Å². The molecule has 0 bridgehead atoms. The van der Waals surface area contributed by atoms with Crippen LogP contribution >= 0.6 is 15.9 Å². The monoisotopic (exact) mass is 273 g/mol. The zero-order valence-electron chi connectivity index (χ0n) is 8.24. The molecule has 4 nitrogen and oxygen atoms in total. The Morgan fingerprint density at radius 1 is 1.67 bits per heavy atom. The van der Waals surface area contributed by atoms with E-state index in [1.807, 2.05) is 0 Å². The predicted molar refractivity (Wildman–Crippen MR) is 59.5 cm³/mol. The van der Waals surface area contributed by atoms with E-state index in [2.05, 4.69) is 20.7 Å². The van der Waals surface area contributed by atoms with Crippen LogP contribution < -0.4 is 5.73 Å². The van der Waals surface area contributed by atoms with Gasteiger partial charge in [0.15, 0.2) is 0 Å². The quantitative estimate of drug-likeness (QED) is 0.812. The maximum absolute atomic E-state index is 11.1. The van der Waals surface area contributed by atoms with Crippen molar-refractivity contribution in [2.45, 2.75) is 12.5 Å². The molecule has 0 aliphatic rings. The van der Waals surface area contributed by atoms with Crippen LogP contribution in [0.15, 0.2) is 22.7 Å². The van der Waals surface area contributed by atoms with Crippen LogP contribution in [0.2, 0.25) is 0 Å². The summed E-state index contributed by atoms with van der Waals surface area (Å²) in [6.07, 6.45) is 0.248. The Bertz CT molecular complexity index is 368. The number of methoxy groups -OCH3 is 1. The topological polar surface area (TPSA) is 72.5 Å². The number of phenolic OH excluding ortho intramolecular Hbond substituents is 1. The van der Waals surface area contributed by atoms with Crippen LogP contribution in [0.25, 0.3) is 0 Å². The van der Waals surface area contributed by atoms with Gasteiger partial charge in [-0.1, -0.05) is 15.9 Å². The van der Waals surface area contributed by atoms with Crippen molar-refractivity contribution in [2.75, 3.05) is 7.11 Å². The molecule has 5 heteroatoms. The van der Waals surface area contributed by atoms with Crippen molar-refractivity contribution < 1.29 is 14.6 Å². The van der Waals surface area contributed by atoms with Crippen LogP contribution in [0.3, 0.4) is 0 Å². The van der Waals surface area contributed by atoms with Crippen molar-refractivity contribution in [3.05, 3.63) is 28.2 Å². The summed E-state index contributed by atoms with van der Waals surface area (Å²) in [6, 6.07) is 4.22. The van der Waals surface area contributed by atoms with E-state index in [-0.39, 0.29) is 12.2 Å². The third-order valence-electron chi connectivity index (χ3n) is 1.99. The van der Waals surface area contributed by atoms with Crippen LogP contribution in [-0.4, -0.2) is 24.2 Å². The van der Waals surface area contributed by atoms with E-state index in [1.165, 1.54) is 7.11 Å². The molecule has 0 heterocycles. The van der Waals surface area contributed by atoms with Crippen molar-refractivity contribution in [3.63, 3.8) is 0 Å². The predicted octanol–water partition coefficient (Wildman–Crippen LogP) is 1.20. The number of esters is 1. The average Bonchev–Trinajstić information content (AvgIpc) is 2.22. The normalized spacial score (nSPS) is 12.2. The van der Waals surface area contributed by atoms with E-state index in [4.69, 9.17) is 5.73 Å². The van der Waals surface area contributed by atoms with E-state index in [1.54, 1.807) is 18.2 Å². The average molecular weight is 274 g/mol. The number of aromatic hydroxyl groups is 1. The lowest BCUT2D eigenvalue weighted by Gasteiger charge is -2.10. The molecule has 82 valence electrons. The zero-order chi connectivity index (χ0) is 11.4. The first-order chi connectivity index (χ1) is 7.04. The fourth-order valence-electron chi connectivity index (χ4n) is 1.19. The molecule has 3 N–H and O–H groups in total. The van der Waals surface area contributed by atoms with Gasteiger partial charge in [0.2, 0.25) is 0 Å².